The Kier molecular flexibility index (Phi) is 2.51. The molecular formula is C11H11NO3. The smallest absolute Gasteiger partial charge is 0.259 e. The number of carbonyl (C=O) groups excluding carboxylic acids is 2. The van der Waals surface area contributed by atoms with E-state index in [1.54, 1.807) is 12.1 Å². The molecule has 0 radical (unpaired) electrons. The second-order valence-corrected chi connectivity index (χ2v) is 3.45. The molecule has 4 heteroatoms. The highest BCUT2D eigenvalue weighted by Gasteiger charge is 2.27. The third kappa shape index (κ3) is 1.89. The van der Waals surface area contributed by atoms with Crippen LogP contribution in [0.4, 0.5) is 5.69 Å². The molecule has 1 fully saturated rings. The van der Waals surface area contributed by atoms with Crippen LogP contribution >= 0.6 is 0 Å². The summed E-state index contributed by atoms with van der Waals surface area (Å²) in [5, 5.41) is 0. The normalized spacial score (nSPS) is 17.0. The molecule has 0 bridgehead atoms. The molecule has 4 nitrogen and oxygen atoms in total. The van der Waals surface area contributed by atoms with Crippen molar-refractivity contribution in [2.45, 2.75) is 6.92 Å². The first-order valence-electron chi connectivity index (χ1n) is 4.68. The Balaban J connectivity index is 2.35. The van der Waals surface area contributed by atoms with Gasteiger partial charge in [0, 0.05) is 0 Å². The minimum atomic E-state index is -0.308. The van der Waals surface area contributed by atoms with Crippen molar-refractivity contribution >= 4 is 17.5 Å². The maximum Gasteiger partial charge on any atom is 0.259 e. The highest BCUT2D eigenvalue weighted by atomic mass is 16.5. The van der Waals surface area contributed by atoms with Crippen LogP contribution in [0.1, 0.15) is 5.56 Å². The molecule has 0 saturated carbocycles. The van der Waals surface area contributed by atoms with Gasteiger partial charge in [-0.05, 0) is 24.6 Å². The van der Waals surface area contributed by atoms with Gasteiger partial charge < -0.3 is 4.74 Å². The molecular weight excluding hydrogens is 194 g/mol. The molecule has 1 aromatic carbocycles. The number of benzene rings is 1. The highest BCUT2D eigenvalue weighted by molar-refractivity contribution is 6.16. The fourth-order valence-electron chi connectivity index (χ4n) is 1.55. The van der Waals surface area contributed by atoms with Crippen molar-refractivity contribution in [3.63, 3.8) is 0 Å². The first kappa shape index (κ1) is 9.86. The number of aryl methyl sites for hydroxylation is 1. The van der Waals surface area contributed by atoms with Crippen molar-refractivity contribution < 1.29 is 14.3 Å². The molecule has 2 amide bonds. The Morgan fingerprint density at radius 2 is 1.87 bits per heavy atom. The molecule has 2 rings (SSSR count). The number of hydrogen-bond acceptors (Lipinski definition) is 3. The van der Waals surface area contributed by atoms with Crippen LogP contribution in [0.5, 0.6) is 0 Å². The first-order chi connectivity index (χ1) is 7.18. The van der Waals surface area contributed by atoms with E-state index in [4.69, 9.17) is 4.74 Å². The Morgan fingerprint density at radius 3 is 2.47 bits per heavy atom. The average Bonchev–Trinajstić information content (AvgIpc) is 2.17. The standard InChI is InChI=1S/C11H11NO3/c1-8-3-2-4-9(5-8)12-10(13)6-15-7-11(12)14/h2-5H,6-7H2,1H3. The molecule has 1 aromatic rings. The van der Waals surface area contributed by atoms with Gasteiger partial charge in [0.25, 0.3) is 11.8 Å². The topological polar surface area (TPSA) is 46.6 Å². The predicted octanol–water partition coefficient (Wildman–Crippen LogP) is 0.885. The molecule has 0 unspecified atom stereocenters. The molecule has 0 atom stereocenters. The number of imide groups is 1. The predicted molar refractivity (Wildman–Crippen MR) is 54.5 cm³/mol. The highest BCUT2D eigenvalue weighted by Crippen LogP contribution is 2.18. The summed E-state index contributed by atoms with van der Waals surface area (Å²) >= 11 is 0. The summed E-state index contributed by atoms with van der Waals surface area (Å²) in [7, 11) is 0. The Bertz CT molecular complexity index is 398. The third-order valence-corrected chi connectivity index (χ3v) is 2.21. The van der Waals surface area contributed by atoms with Gasteiger partial charge in [0.05, 0.1) is 5.69 Å². The van der Waals surface area contributed by atoms with Gasteiger partial charge in [-0.15, -0.1) is 0 Å². The summed E-state index contributed by atoms with van der Waals surface area (Å²) in [6, 6.07) is 7.29. The zero-order valence-corrected chi connectivity index (χ0v) is 8.40. The summed E-state index contributed by atoms with van der Waals surface area (Å²) < 4.78 is 4.84. The zero-order valence-electron chi connectivity index (χ0n) is 8.40. The van der Waals surface area contributed by atoms with Gasteiger partial charge in [-0.25, -0.2) is 4.90 Å². The lowest BCUT2D eigenvalue weighted by Crippen LogP contribution is -2.46. The van der Waals surface area contributed by atoms with Crippen molar-refractivity contribution in [1.29, 1.82) is 0 Å². The maximum absolute atomic E-state index is 11.5. The number of hydrogen-bond donors (Lipinski definition) is 0. The Morgan fingerprint density at radius 1 is 1.20 bits per heavy atom. The number of ether oxygens (including phenoxy) is 1. The molecule has 1 aliphatic rings. The largest absolute Gasteiger partial charge is 0.362 e. The lowest BCUT2D eigenvalue weighted by molar-refractivity contribution is -0.138. The van der Waals surface area contributed by atoms with E-state index in [1.165, 1.54) is 4.90 Å². The van der Waals surface area contributed by atoms with E-state index in [1.807, 2.05) is 19.1 Å². The van der Waals surface area contributed by atoms with Gasteiger partial charge in [-0.2, -0.15) is 0 Å². The second kappa shape index (κ2) is 3.82. The number of morpholine rings is 1. The van der Waals surface area contributed by atoms with Crippen molar-refractivity contribution in [2.75, 3.05) is 18.1 Å². The van der Waals surface area contributed by atoms with Crippen LogP contribution in [0, 0.1) is 6.92 Å². The minimum Gasteiger partial charge on any atom is -0.362 e. The van der Waals surface area contributed by atoms with Gasteiger partial charge in [0.1, 0.15) is 13.2 Å². The molecule has 15 heavy (non-hydrogen) atoms. The molecule has 1 heterocycles. The van der Waals surface area contributed by atoms with Crippen LogP contribution in [0.2, 0.25) is 0 Å². The summed E-state index contributed by atoms with van der Waals surface area (Å²) in [6.07, 6.45) is 0. The van der Waals surface area contributed by atoms with E-state index in [0.717, 1.165) is 5.56 Å². The van der Waals surface area contributed by atoms with E-state index in [-0.39, 0.29) is 25.0 Å². The molecule has 0 N–H and O–H groups in total. The van der Waals surface area contributed by atoms with Crippen LogP contribution in [0.15, 0.2) is 24.3 Å². The summed E-state index contributed by atoms with van der Waals surface area (Å²) in [5.41, 5.74) is 1.63. The summed E-state index contributed by atoms with van der Waals surface area (Å²) in [4.78, 5) is 24.2. The maximum atomic E-state index is 11.5. The molecule has 0 aliphatic carbocycles. The quantitative estimate of drug-likeness (QED) is 0.639. The van der Waals surface area contributed by atoms with E-state index in [0.29, 0.717) is 5.69 Å². The zero-order chi connectivity index (χ0) is 10.8. The molecule has 0 aromatic heterocycles. The van der Waals surface area contributed by atoms with Crippen LogP contribution in [-0.2, 0) is 14.3 Å². The SMILES string of the molecule is Cc1cccc(N2C(=O)COCC2=O)c1. The van der Waals surface area contributed by atoms with Crippen LogP contribution < -0.4 is 4.90 Å². The second-order valence-electron chi connectivity index (χ2n) is 3.45. The van der Waals surface area contributed by atoms with Crippen LogP contribution in [0.3, 0.4) is 0 Å². The molecule has 78 valence electrons. The Labute approximate surface area is 87.4 Å². The van der Waals surface area contributed by atoms with E-state index in [2.05, 4.69) is 0 Å². The van der Waals surface area contributed by atoms with Gasteiger partial charge in [0.15, 0.2) is 0 Å². The number of carbonyl (C=O) groups is 2. The van der Waals surface area contributed by atoms with E-state index in [9.17, 15) is 9.59 Å². The first-order valence-corrected chi connectivity index (χ1v) is 4.68. The minimum absolute atomic E-state index is 0.0281. The van der Waals surface area contributed by atoms with E-state index < -0.39 is 0 Å². The lowest BCUT2D eigenvalue weighted by atomic mass is 10.2. The van der Waals surface area contributed by atoms with Gasteiger partial charge >= 0.3 is 0 Å². The summed E-state index contributed by atoms with van der Waals surface area (Å²) in [5.74, 6) is -0.617. The molecule has 0 spiro atoms. The number of amides is 2. The molecule has 1 aliphatic heterocycles. The number of nitrogens with zero attached hydrogens (tertiary/aromatic N) is 1. The number of rotatable bonds is 1. The van der Waals surface area contributed by atoms with Gasteiger partial charge in [-0.1, -0.05) is 12.1 Å². The summed E-state index contributed by atoms with van der Waals surface area (Å²) in [6.45, 7) is 1.86. The van der Waals surface area contributed by atoms with Crippen molar-refractivity contribution in [1.82, 2.24) is 0 Å². The van der Waals surface area contributed by atoms with Gasteiger partial charge in [-0.3, -0.25) is 9.59 Å². The van der Waals surface area contributed by atoms with Crippen molar-refractivity contribution in [3.05, 3.63) is 29.8 Å². The van der Waals surface area contributed by atoms with Crippen LogP contribution in [-0.4, -0.2) is 25.0 Å². The average molecular weight is 205 g/mol. The fourth-order valence-corrected chi connectivity index (χ4v) is 1.55. The molecule has 1 saturated heterocycles. The lowest BCUT2D eigenvalue weighted by Gasteiger charge is -2.25. The fraction of sp³-hybridized carbons (Fsp3) is 0.273. The Hall–Kier alpha value is -1.68. The monoisotopic (exact) mass is 205 g/mol. The van der Waals surface area contributed by atoms with Crippen molar-refractivity contribution in [3.8, 4) is 0 Å². The van der Waals surface area contributed by atoms with E-state index >= 15 is 0 Å². The van der Waals surface area contributed by atoms with Crippen molar-refractivity contribution in [2.24, 2.45) is 0 Å². The van der Waals surface area contributed by atoms with Crippen LogP contribution in [0.25, 0.3) is 0 Å². The van der Waals surface area contributed by atoms with Gasteiger partial charge in [0.2, 0.25) is 0 Å². The number of anilines is 1. The third-order valence-electron chi connectivity index (χ3n) is 2.21.